The third-order valence-electron chi connectivity index (χ3n) is 2.66. The fourth-order valence-corrected chi connectivity index (χ4v) is 1.63. The van der Waals surface area contributed by atoms with Gasteiger partial charge in [0, 0.05) is 19.7 Å². The molecule has 0 saturated carbocycles. The molecule has 0 fully saturated rings. The summed E-state index contributed by atoms with van der Waals surface area (Å²) in [6.45, 7) is 14.3. The summed E-state index contributed by atoms with van der Waals surface area (Å²) < 4.78 is 5.12. The van der Waals surface area contributed by atoms with Crippen molar-refractivity contribution in [1.82, 2.24) is 10.2 Å². The van der Waals surface area contributed by atoms with Crippen LogP contribution in [0.4, 0.5) is 0 Å². The average molecular weight is 230 g/mol. The van der Waals surface area contributed by atoms with Gasteiger partial charge >= 0.3 is 0 Å². The summed E-state index contributed by atoms with van der Waals surface area (Å²) in [4.78, 5) is 2.47. The van der Waals surface area contributed by atoms with E-state index in [4.69, 9.17) is 4.74 Å². The molecule has 0 radical (unpaired) electrons. The molecule has 98 valence electrons. The number of methoxy groups -OCH3 is 1. The molecule has 0 aromatic carbocycles. The van der Waals surface area contributed by atoms with E-state index in [1.54, 1.807) is 7.11 Å². The minimum absolute atomic E-state index is 0.611. The number of nitrogens with one attached hydrogen (secondary N) is 1. The maximum absolute atomic E-state index is 5.12. The van der Waals surface area contributed by atoms with Gasteiger partial charge in [0.2, 0.25) is 0 Å². The third-order valence-corrected chi connectivity index (χ3v) is 2.66. The average Bonchev–Trinajstić information content (AvgIpc) is 2.21. The summed E-state index contributed by atoms with van der Waals surface area (Å²) in [5.41, 5.74) is 0. The fourth-order valence-electron chi connectivity index (χ4n) is 1.63. The third kappa shape index (κ3) is 9.13. The molecular weight excluding hydrogens is 200 g/mol. The Kier molecular flexibility index (Phi) is 9.99. The predicted octanol–water partition coefficient (Wildman–Crippen LogP) is 1.98. The molecule has 3 nitrogen and oxygen atoms in total. The van der Waals surface area contributed by atoms with Crippen molar-refractivity contribution >= 4 is 0 Å². The van der Waals surface area contributed by atoms with Gasteiger partial charge in [0.05, 0.1) is 6.61 Å². The highest BCUT2D eigenvalue weighted by atomic mass is 16.5. The predicted molar refractivity (Wildman–Crippen MR) is 70.9 cm³/mol. The Bertz CT molecular complexity index is 149. The lowest BCUT2D eigenvalue weighted by molar-refractivity contribution is 0.128. The summed E-state index contributed by atoms with van der Waals surface area (Å²) >= 11 is 0. The normalized spacial score (nSPS) is 12.0. The van der Waals surface area contributed by atoms with Crippen LogP contribution in [0.3, 0.4) is 0 Å². The molecule has 0 amide bonds. The molecule has 0 aliphatic carbocycles. The molecule has 1 N–H and O–H groups in total. The first kappa shape index (κ1) is 15.9. The lowest BCUT2D eigenvalue weighted by Crippen LogP contribution is -2.36. The first-order valence-electron chi connectivity index (χ1n) is 6.51. The Morgan fingerprint density at radius 2 is 1.81 bits per heavy atom. The summed E-state index contributed by atoms with van der Waals surface area (Å²) in [5.74, 6) is 0.745. The zero-order valence-corrected chi connectivity index (χ0v) is 11.8. The van der Waals surface area contributed by atoms with Crippen LogP contribution in [-0.2, 0) is 4.74 Å². The van der Waals surface area contributed by atoms with Crippen molar-refractivity contribution in [3.8, 4) is 0 Å². The van der Waals surface area contributed by atoms with Gasteiger partial charge in [0.25, 0.3) is 0 Å². The Morgan fingerprint density at radius 1 is 1.12 bits per heavy atom. The molecule has 0 bridgehead atoms. The van der Waals surface area contributed by atoms with Crippen molar-refractivity contribution < 1.29 is 4.74 Å². The Hall–Kier alpha value is -0.120. The monoisotopic (exact) mass is 230 g/mol. The quantitative estimate of drug-likeness (QED) is 0.581. The van der Waals surface area contributed by atoms with Crippen LogP contribution in [0.2, 0.25) is 0 Å². The van der Waals surface area contributed by atoms with E-state index in [1.165, 1.54) is 6.42 Å². The SMILES string of the molecule is COCCN(CCCNCC(C)C)C(C)C. The van der Waals surface area contributed by atoms with E-state index in [0.717, 1.165) is 38.7 Å². The van der Waals surface area contributed by atoms with Gasteiger partial charge in [-0.05, 0) is 45.8 Å². The van der Waals surface area contributed by atoms with Crippen molar-refractivity contribution in [2.24, 2.45) is 5.92 Å². The molecule has 0 spiro atoms. The maximum atomic E-state index is 5.12. The highest BCUT2D eigenvalue weighted by Crippen LogP contribution is 1.99. The molecule has 0 aliphatic heterocycles. The zero-order chi connectivity index (χ0) is 12.4. The van der Waals surface area contributed by atoms with Crippen LogP contribution in [0.25, 0.3) is 0 Å². The van der Waals surface area contributed by atoms with Gasteiger partial charge in [-0.2, -0.15) is 0 Å². The van der Waals surface area contributed by atoms with Gasteiger partial charge in [-0.1, -0.05) is 13.8 Å². The van der Waals surface area contributed by atoms with E-state index in [2.05, 4.69) is 37.9 Å². The summed E-state index contributed by atoms with van der Waals surface area (Å²) in [5, 5.41) is 3.48. The smallest absolute Gasteiger partial charge is 0.0589 e. The molecule has 16 heavy (non-hydrogen) atoms. The van der Waals surface area contributed by atoms with Crippen LogP contribution >= 0.6 is 0 Å². The van der Waals surface area contributed by atoms with E-state index in [-0.39, 0.29) is 0 Å². The standard InChI is InChI=1S/C13H30N2O/c1-12(2)11-14-7-6-8-15(13(3)4)9-10-16-5/h12-14H,6-11H2,1-5H3. The van der Waals surface area contributed by atoms with Gasteiger partial charge in [0.15, 0.2) is 0 Å². The van der Waals surface area contributed by atoms with Crippen LogP contribution in [-0.4, -0.2) is 50.8 Å². The second-order valence-corrected chi connectivity index (χ2v) is 5.07. The van der Waals surface area contributed by atoms with Crippen LogP contribution in [0.15, 0.2) is 0 Å². The van der Waals surface area contributed by atoms with Gasteiger partial charge in [0.1, 0.15) is 0 Å². The van der Waals surface area contributed by atoms with E-state index in [1.807, 2.05) is 0 Å². The maximum Gasteiger partial charge on any atom is 0.0589 e. The largest absolute Gasteiger partial charge is 0.383 e. The Morgan fingerprint density at radius 3 is 2.31 bits per heavy atom. The highest BCUT2D eigenvalue weighted by molar-refractivity contribution is 4.63. The Labute approximate surface area is 102 Å². The first-order valence-corrected chi connectivity index (χ1v) is 6.51. The molecule has 0 rings (SSSR count). The van der Waals surface area contributed by atoms with Gasteiger partial charge in [-0.15, -0.1) is 0 Å². The van der Waals surface area contributed by atoms with Crippen molar-refractivity contribution in [2.75, 3.05) is 39.9 Å². The number of ether oxygens (including phenoxy) is 1. The van der Waals surface area contributed by atoms with Crippen LogP contribution in [0, 0.1) is 5.92 Å². The van der Waals surface area contributed by atoms with E-state index in [0.29, 0.717) is 6.04 Å². The van der Waals surface area contributed by atoms with Crippen LogP contribution in [0.5, 0.6) is 0 Å². The minimum Gasteiger partial charge on any atom is -0.383 e. The molecule has 0 heterocycles. The first-order chi connectivity index (χ1) is 7.57. The molecule has 0 unspecified atom stereocenters. The summed E-state index contributed by atoms with van der Waals surface area (Å²) in [6, 6.07) is 0.611. The molecule has 0 saturated heterocycles. The van der Waals surface area contributed by atoms with E-state index < -0.39 is 0 Å². The van der Waals surface area contributed by atoms with E-state index in [9.17, 15) is 0 Å². The Balaban J connectivity index is 3.52. The van der Waals surface area contributed by atoms with Gasteiger partial charge in [-0.3, -0.25) is 4.90 Å². The molecule has 0 aromatic heterocycles. The molecule has 0 aromatic rings. The second-order valence-electron chi connectivity index (χ2n) is 5.07. The van der Waals surface area contributed by atoms with Crippen molar-refractivity contribution in [2.45, 2.75) is 40.2 Å². The fraction of sp³-hybridized carbons (Fsp3) is 1.00. The lowest BCUT2D eigenvalue weighted by atomic mass is 10.2. The summed E-state index contributed by atoms with van der Waals surface area (Å²) in [6.07, 6.45) is 1.22. The molecule has 0 atom stereocenters. The molecular formula is C13H30N2O. The van der Waals surface area contributed by atoms with Crippen LogP contribution < -0.4 is 5.32 Å². The minimum atomic E-state index is 0.611. The van der Waals surface area contributed by atoms with E-state index >= 15 is 0 Å². The van der Waals surface area contributed by atoms with Gasteiger partial charge < -0.3 is 10.1 Å². The molecule has 0 aliphatic rings. The number of hydrogen-bond acceptors (Lipinski definition) is 3. The van der Waals surface area contributed by atoms with Crippen LogP contribution in [0.1, 0.15) is 34.1 Å². The second kappa shape index (κ2) is 10.1. The van der Waals surface area contributed by atoms with Crippen molar-refractivity contribution in [1.29, 1.82) is 0 Å². The number of hydrogen-bond donors (Lipinski definition) is 1. The topological polar surface area (TPSA) is 24.5 Å². The molecule has 3 heteroatoms. The lowest BCUT2D eigenvalue weighted by Gasteiger charge is -2.26. The van der Waals surface area contributed by atoms with Crippen molar-refractivity contribution in [3.63, 3.8) is 0 Å². The number of rotatable bonds is 10. The van der Waals surface area contributed by atoms with Gasteiger partial charge in [-0.25, -0.2) is 0 Å². The summed E-state index contributed by atoms with van der Waals surface area (Å²) in [7, 11) is 1.77. The highest BCUT2D eigenvalue weighted by Gasteiger charge is 2.07. The van der Waals surface area contributed by atoms with Crippen molar-refractivity contribution in [3.05, 3.63) is 0 Å². The number of nitrogens with zero attached hydrogens (tertiary/aromatic N) is 1. The zero-order valence-electron chi connectivity index (χ0n) is 11.8.